The van der Waals surface area contributed by atoms with E-state index in [9.17, 15) is 4.79 Å². The first kappa shape index (κ1) is 14.6. The van der Waals surface area contributed by atoms with Crippen molar-refractivity contribution in [2.75, 3.05) is 5.75 Å². The Bertz CT molecular complexity index is 599. The second-order valence-corrected chi connectivity index (χ2v) is 5.40. The third kappa shape index (κ3) is 3.04. The van der Waals surface area contributed by atoms with Gasteiger partial charge in [-0.1, -0.05) is 23.8 Å². The smallest absolute Gasteiger partial charge is 0.313 e. The van der Waals surface area contributed by atoms with Crippen molar-refractivity contribution in [2.24, 2.45) is 0 Å². The molecule has 0 aliphatic carbocycles. The van der Waals surface area contributed by atoms with E-state index in [-0.39, 0.29) is 5.75 Å². The van der Waals surface area contributed by atoms with E-state index >= 15 is 0 Å². The number of carbonyl (C=O) groups is 1. The van der Waals surface area contributed by atoms with Crippen LogP contribution in [0.4, 0.5) is 0 Å². The minimum atomic E-state index is -0.847. The normalized spacial score (nSPS) is 10.9. The molecule has 108 valence electrons. The summed E-state index contributed by atoms with van der Waals surface area (Å²) >= 11 is 1.23. The standard InChI is InChI=1S/C13H17N3O3S/c1-4-10-5-14-13(20-7-12(17)18)16(10)6-11-8(2)15-19-9(11)3/h5H,4,6-7H2,1-3H3,(H,17,18). The molecule has 0 fully saturated rings. The molecule has 6 nitrogen and oxygen atoms in total. The Morgan fingerprint density at radius 1 is 1.50 bits per heavy atom. The molecule has 2 aromatic rings. The van der Waals surface area contributed by atoms with Crippen molar-refractivity contribution >= 4 is 17.7 Å². The zero-order chi connectivity index (χ0) is 14.7. The van der Waals surface area contributed by atoms with Gasteiger partial charge in [-0.2, -0.15) is 0 Å². The van der Waals surface area contributed by atoms with Crippen LogP contribution in [0, 0.1) is 13.8 Å². The quantitative estimate of drug-likeness (QED) is 0.823. The van der Waals surface area contributed by atoms with Gasteiger partial charge >= 0.3 is 5.97 Å². The lowest BCUT2D eigenvalue weighted by atomic mass is 10.2. The number of aromatic nitrogens is 3. The van der Waals surface area contributed by atoms with Crippen LogP contribution in [0.15, 0.2) is 15.9 Å². The van der Waals surface area contributed by atoms with Gasteiger partial charge in [0, 0.05) is 17.5 Å². The van der Waals surface area contributed by atoms with Crippen molar-refractivity contribution in [1.82, 2.24) is 14.7 Å². The molecule has 0 aromatic carbocycles. The molecule has 0 spiro atoms. The Kier molecular flexibility index (Phi) is 4.49. The van der Waals surface area contributed by atoms with Crippen molar-refractivity contribution in [3.63, 3.8) is 0 Å². The molecule has 0 radical (unpaired) electrons. The van der Waals surface area contributed by atoms with Crippen molar-refractivity contribution in [2.45, 2.75) is 38.9 Å². The molecule has 0 amide bonds. The molecule has 2 aromatic heterocycles. The lowest BCUT2D eigenvalue weighted by molar-refractivity contribution is -0.133. The molecule has 0 saturated heterocycles. The van der Waals surface area contributed by atoms with Crippen LogP contribution >= 0.6 is 11.8 Å². The average Bonchev–Trinajstić information content (AvgIpc) is 2.94. The second kappa shape index (κ2) is 6.13. The highest BCUT2D eigenvalue weighted by molar-refractivity contribution is 7.99. The first-order valence-corrected chi connectivity index (χ1v) is 7.32. The van der Waals surface area contributed by atoms with Crippen LogP contribution in [-0.4, -0.2) is 31.5 Å². The number of thioether (sulfide) groups is 1. The number of rotatable bonds is 6. The highest BCUT2D eigenvalue weighted by atomic mass is 32.2. The average molecular weight is 295 g/mol. The van der Waals surface area contributed by atoms with Crippen molar-refractivity contribution in [3.8, 4) is 0 Å². The lowest BCUT2D eigenvalue weighted by Gasteiger charge is -2.10. The predicted octanol–water partition coefficient (Wildman–Crippen LogP) is 2.28. The first-order valence-electron chi connectivity index (χ1n) is 6.33. The van der Waals surface area contributed by atoms with Gasteiger partial charge in [-0.3, -0.25) is 4.79 Å². The third-order valence-electron chi connectivity index (χ3n) is 3.09. The molecule has 1 N–H and O–H groups in total. The number of aliphatic carboxylic acids is 1. The van der Waals surface area contributed by atoms with E-state index in [1.165, 1.54) is 11.8 Å². The fourth-order valence-corrected chi connectivity index (χ4v) is 2.69. The Hall–Kier alpha value is -1.76. The van der Waals surface area contributed by atoms with E-state index in [0.717, 1.165) is 29.1 Å². The summed E-state index contributed by atoms with van der Waals surface area (Å²) in [5, 5.41) is 13.5. The van der Waals surface area contributed by atoms with Gasteiger partial charge in [-0.05, 0) is 20.3 Å². The first-order chi connectivity index (χ1) is 9.52. The van der Waals surface area contributed by atoms with E-state index in [0.29, 0.717) is 11.7 Å². The number of aryl methyl sites for hydroxylation is 3. The molecular formula is C13H17N3O3S. The number of hydrogen-bond acceptors (Lipinski definition) is 5. The summed E-state index contributed by atoms with van der Waals surface area (Å²) in [6, 6.07) is 0. The van der Waals surface area contributed by atoms with Crippen LogP contribution in [0.1, 0.15) is 29.6 Å². The highest BCUT2D eigenvalue weighted by Crippen LogP contribution is 2.22. The summed E-state index contributed by atoms with van der Waals surface area (Å²) < 4.78 is 7.20. The maximum atomic E-state index is 10.7. The van der Waals surface area contributed by atoms with Gasteiger partial charge in [0.2, 0.25) is 0 Å². The van der Waals surface area contributed by atoms with Crippen molar-refractivity contribution < 1.29 is 14.4 Å². The third-order valence-corrected chi connectivity index (χ3v) is 4.06. The van der Waals surface area contributed by atoms with Gasteiger partial charge in [0.25, 0.3) is 0 Å². The van der Waals surface area contributed by atoms with E-state index in [2.05, 4.69) is 10.1 Å². The van der Waals surface area contributed by atoms with Gasteiger partial charge in [0.1, 0.15) is 5.76 Å². The molecule has 0 saturated carbocycles. The summed E-state index contributed by atoms with van der Waals surface area (Å²) in [7, 11) is 0. The molecule has 0 aliphatic heterocycles. The monoisotopic (exact) mass is 295 g/mol. The lowest BCUT2D eigenvalue weighted by Crippen LogP contribution is -2.08. The Balaban J connectivity index is 2.29. The van der Waals surface area contributed by atoms with Gasteiger partial charge in [-0.15, -0.1) is 0 Å². The fourth-order valence-electron chi connectivity index (χ4n) is 1.97. The van der Waals surface area contributed by atoms with E-state index < -0.39 is 5.97 Å². The van der Waals surface area contributed by atoms with E-state index in [1.54, 1.807) is 6.20 Å². The van der Waals surface area contributed by atoms with Crippen LogP contribution < -0.4 is 0 Å². The molecule has 2 rings (SSSR count). The molecular weight excluding hydrogens is 278 g/mol. The number of carboxylic acids is 1. The molecule has 0 atom stereocenters. The minimum absolute atomic E-state index is 0.00175. The van der Waals surface area contributed by atoms with Gasteiger partial charge in [-0.25, -0.2) is 4.98 Å². The molecule has 7 heteroatoms. The second-order valence-electron chi connectivity index (χ2n) is 4.46. The Labute approximate surface area is 121 Å². The van der Waals surface area contributed by atoms with Gasteiger partial charge < -0.3 is 14.2 Å². The number of imidazole rings is 1. The van der Waals surface area contributed by atoms with Crippen LogP contribution in [0.2, 0.25) is 0 Å². The van der Waals surface area contributed by atoms with Gasteiger partial charge in [0.15, 0.2) is 5.16 Å². The topological polar surface area (TPSA) is 81.1 Å². The Morgan fingerprint density at radius 3 is 2.80 bits per heavy atom. The van der Waals surface area contributed by atoms with Crippen LogP contribution in [-0.2, 0) is 17.8 Å². The zero-order valence-electron chi connectivity index (χ0n) is 11.7. The summed E-state index contributed by atoms with van der Waals surface area (Å²) in [5.74, 6) is -0.0609. The van der Waals surface area contributed by atoms with Gasteiger partial charge in [0.05, 0.1) is 18.0 Å². The summed E-state index contributed by atoms with van der Waals surface area (Å²) in [4.78, 5) is 15.0. The molecule has 2 heterocycles. The zero-order valence-corrected chi connectivity index (χ0v) is 12.5. The summed E-state index contributed by atoms with van der Waals surface area (Å²) in [5.41, 5.74) is 2.94. The summed E-state index contributed by atoms with van der Waals surface area (Å²) in [6.07, 6.45) is 2.63. The van der Waals surface area contributed by atoms with Crippen LogP contribution in [0.25, 0.3) is 0 Å². The van der Waals surface area contributed by atoms with Crippen molar-refractivity contribution in [3.05, 3.63) is 28.9 Å². The molecule has 0 unspecified atom stereocenters. The van der Waals surface area contributed by atoms with Crippen LogP contribution in [0.3, 0.4) is 0 Å². The molecule has 0 bridgehead atoms. The fraction of sp³-hybridized carbons (Fsp3) is 0.462. The molecule has 0 aliphatic rings. The minimum Gasteiger partial charge on any atom is -0.481 e. The number of nitrogens with zero attached hydrogens (tertiary/aromatic N) is 3. The van der Waals surface area contributed by atoms with Crippen molar-refractivity contribution in [1.29, 1.82) is 0 Å². The maximum Gasteiger partial charge on any atom is 0.313 e. The highest BCUT2D eigenvalue weighted by Gasteiger charge is 2.15. The summed E-state index contributed by atoms with van der Waals surface area (Å²) in [6.45, 7) is 6.43. The number of hydrogen-bond donors (Lipinski definition) is 1. The largest absolute Gasteiger partial charge is 0.481 e. The predicted molar refractivity (Wildman–Crippen MR) is 75.0 cm³/mol. The molecule has 20 heavy (non-hydrogen) atoms. The van der Waals surface area contributed by atoms with E-state index in [4.69, 9.17) is 9.63 Å². The SMILES string of the molecule is CCc1cnc(SCC(=O)O)n1Cc1c(C)noc1C. The Morgan fingerprint density at radius 2 is 2.25 bits per heavy atom. The number of carboxylic acid groups (broad SMARTS) is 1. The van der Waals surface area contributed by atoms with Crippen LogP contribution in [0.5, 0.6) is 0 Å². The maximum absolute atomic E-state index is 10.7. The van der Waals surface area contributed by atoms with E-state index in [1.807, 2.05) is 25.3 Å².